The number of sulfonamides is 1. The van der Waals surface area contributed by atoms with Gasteiger partial charge in [-0.15, -0.1) is 0 Å². The molecule has 0 aliphatic carbocycles. The van der Waals surface area contributed by atoms with Crippen molar-refractivity contribution in [1.82, 2.24) is 0 Å². The highest BCUT2D eigenvalue weighted by Gasteiger charge is 2.30. The number of benzene rings is 3. The zero-order valence-electron chi connectivity index (χ0n) is 18.0. The molecule has 0 amide bonds. The Labute approximate surface area is 192 Å². The maximum absolute atomic E-state index is 12.9. The van der Waals surface area contributed by atoms with Crippen molar-refractivity contribution in [3.8, 4) is 5.75 Å². The molecule has 1 aliphatic heterocycles. The van der Waals surface area contributed by atoms with Gasteiger partial charge in [0.05, 0.1) is 17.8 Å². The van der Waals surface area contributed by atoms with Crippen LogP contribution in [0.1, 0.15) is 11.1 Å². The van der Waals surface area contributed by atoms with Gasteiger partial charge in [0.1, 0.15) is 17.7 Å². The standard InChI is InChI=1S/C15H17N2O6PS.C7H6O/c1-24(20,23-11-12-6-4-3-5-7-12)15-10-13(16-25(2,21)22)8-9-14(15)17(18)19;1-2-4-7-6(3-1)5-8-7/h3-10,16H,11H2,1-2H3;1-4H,5H2. The third-order valence-electron chi connectivity index (χ3n) is 4.59. The maximum atomic E-state index is 12.9. The summed E-state index contributed by atoms with van der Waals surface area (Å²) in [5.41, 5.74) is 1.77. The highest BCUT2D eigenvalue weighted by Crippen LogP contribution is 2.45. The topological polar surface area (TPSA) is 125 Å². The average molecular weight is 490 g/mol. The van der Waals surface area contributed by atoms with Gasteiger partial charge in [0.15, 0.2) is 0 Å². The van der Waals surface area contributed by atoms with E-state index in [9.17, 15) is 23.1 Å². The van der Waals surface area contributed by atoms with Crippen LogP contribution in [0.3, 0.4) is 0 Å². The van der Waals surface area contributed by atoms with Gasteiger partial charge in [-0.05, 0) is 23.8 Å². The number of hydrogen-bond acceptors (Lipinski definition) is 7. The summed E-state index contributed by atoms with van der Waals surface area (Å²) in [7, 11) is -7.15. The van der Waals surface area contributed by atoms with Gasteiger partial charge < -0.3 is 9.26 Å². The Kier molecular flexibility index (Phi) is 7.53. The van der Waals surface area contributed by atoms with Crippen LogP contribution in [0.5, 0.6) is 5.75 Å². The fraction of sp³-hybridized carbons (Fsp3) is 0.182. The first-order valence-electron chi connectivity index (χ1n) is 9.79. The summed E-state index contributed by atoms with van der Waals surface area (Å²) in [5.74, 6) is 1.05. The predicted molar refractivity (Wildman–Crippen MR) is 127 cm³/mol. The maximum Gasteiger partial charge on any atom is 0.282 e. The van der Waals surface area contributed by atoms with Gasteiger partial charge in [0.25, 0.3) is 5.69 Å². The number of para-hydroxylation sites is 1. The molecule has 1 N–H and O–H groups in total. The van der Waals surface area contributed by atoms with Crippen molar-refractivity contribution in [3.05, 3.63) is 94.0 Å². The number of anilines is 1. The van der Waals surface area contributed by atoms with Crippen molar-refractivity contribution in [1.29, 1.82) is 0 Å². The molecule has 0 saturated carbocycles. The quantitative estimate of drug-likeness (QED) is 0.297. The first-order valence-corrected chi connectivity index (χ1v) is 13.7. The number of nitrogens with zero attached hydrogens (tertiary/aromatic N) is 1. The van der Waals surface area contributed by atoms with E-state index in [2.05, 4.69) is 10.8 Å². The first-order chi connectivity index (χ1) is 15.5. The molecule has 0 spiro atoms. The van der Waals surface area contributed by atoms with Gasteiger partial charge in [0.2, 0.25) is 17.4 Å². The van der Waals surface area contributed by atoms with E-state index >= 15 is 0 Å². The van der Waals surface area contributed by atoms with Crippen molar-refractivity contribution in [3.63, 3.8) is 0 Å². The first kappa shape index (κ1) is 24.4. The number of nitro benzene ring substituents is 1. The molecule has 9 nitrogen and oxygen atoms in total. The zero-order chi connectivity index (χ0) is 24.1. The summed E-state index contributed by atoms with van der Waals surface area (Å²) >= 11 is 0. The molecule has 174 valence electrons. The SMILES string of the molecule is CP(=O)(OCc1ccccc1)c1cc(NS(C)(=O)=O)ccc1[N+](=O)[O-].c1ccc2c(c1)CO2. The smallest absolute Gasteiger partial charge is 0.282 e. The van der Waals surface area contributed by atoms with E-state index in [1.165, 1.54) is 24.4 Å². The van der Waals surface area contributed by atoms with Gasteiger partial charge >= 0.3 is 0 Å². The Morgan fingerprint density at radius 3 is 2.27 bits per heavy atom. The van der Waals surface area contributed by atoms with E-state index in [-0.39, 0.29) is 17.6 Å². The second kappa shape index (κ2) is 10.2. The molecule has 33 heavy (non-hydrogen) atoms. The van der Waals surface area contributed by atoms with Crippen LogP contribution in [-0.4, -0.2) is 26.3 Å². The van der Waals surface area contributed by atoms with Gasteiger partial charge in [0, 0.05) is 24.0 Å². The van der Waals surface area contributed by atoms with Crippen LogP contribution in [0.25, 0.3) is 0 Å². The van der Waals surface area contributed by atoms with Crippen LogP contribution in [-0.2, 0) is 32.3 Å². The van der Waals surface area contributed by atoms with Crippen molar-refractivity contribution in [2.24, 2.45) is 0 Å². The summed E-state index contributed by atoms with van der Waals surface area (Å²) in [6, 6.07) is 20.5. The lowest BCUT2D eigenvalue weighted by Crippen LogP contribution is -2.16. The Balaban J connectivity index is 0.000000316. The van der Waals surface area contributed by atoms with Crippen LogP contribution in [0.15, 0.2) is 72.8 Å². The number of nitrogens with one attached hydrogen (secondary N) is 1. The molecule has 3 aromatic carbocycles. The number of hydrogen-bond donors (Lipinski definition) is 1. The van der Waals surface area contributed by atoms with Gasteiger partial charge in [-0.1, -0.05) is 48.5 Å². The summed E-state index contributed by atoms with van der Waals surface area (Å²) in [4.78, 5) is 10.6. The van der Waals surface area contributed by atoms with Crippen LogP contribution in [0.2, 0.25) is 0 Å². The third-order valence-corrected chi connectivity index (χ3v) is 7.05. The minimum Gasteiger partial charge on any atom is -0.488 e. The summed E-state index contributed by atoms with van der Waals surface area (Å²) in [6.07, 6.45) is 0.950. The largest absolute Gasteiger partial charge is 0.488 e. The Hall–Kier alpha value is -3.20. The minimum atomic E-state index is -3.58. The number of nitro groups is 1. The van der Waals surface area contributed by atoms with Crippen LogP contribution in [0.4, 0.5) is 11.4 Å². The van der Waals surface area contributed by atoms with Crippen LogP contribution < -0.4 is 14.8 Å². The van der Waals surface area contributed by atoms with E-state index < -0.39 is 28.0 Å². The fourth-order valence-electron chi connectivity index (χ4n) is 2.96. The Bertz CT molecular complexity index is 1270. The molecule has 1 aliphatic rings. The molecule has 3 aromatic rings. The highest BCUT2D eigenvalue weighted by molar-refractivity contribution is 7.92. The van der Waals surface area contributed by atoms with Crippen LogP contribution >= 0.6 is 7.37 Å². The summed E-state index contributed by atoms with van der Waals surface area (Å²) in [6.45, 7) is 2.08. The molecule has 0 radical (unpaired) electrons. The van der Waals surface area contributed by atoms with Crippen molar-refractivity contribution in [2.45, 2.75) is 13.2 Å². The third kappa shape index (κ3) is 6.89. The molecule has 4 rings (SSSR count). The Morgan fingerprint density at radius 1 is 1.09 bits per heavy atom. The minimum absolute atomic E-state index is 0.00943. The summed E-state index contributed by atoms with van der Waals surface area (Å²) < 4.78 is 48.4. The number of fused-ring (bicyclic) bond motifs is 1. The average Bonchev–Trinajstić information content (AvgIpc) is 2.73. The van der Waals surface area contributed by atoms with Crippen molar-refractivity contribution >= 4 is 34.1 Å². The second-order valence-electron chi connectivity index (χ2n) is 7.34. The molecular formula is C22H23N2O7PS. The van der Waals surface area contributed by atoms with Crippen molar-refractivity contribution in [2.75, 3.05) is 17.6 Å². The molecule has 0 bridgehead atoms. The van der Waals surface area contributed by atoms with Crippen molar-refractivity contribution < 1.29 is 27.2 Å². The normalized spacial score (nSPS) is 13.8. The monoisotopic (exact) mass is 490 g/mol. The van der Waals surface area contributed by atoms with E-state index in [0.29, 0.717) is 0 Å². The Morgan fingerprint density at radius 2 is 1.76 bits per heavy atom. The molecule has 1 atom stereocenters. The van der Waals surface area contributed by atoms with E-state index in [4.69, 9.17) is 9.26 Å². The van der Waals surface area contributed by atoms with Gasteiger partial charge in [-0.25, -0.2) is 8.42 Å². The van der Waals surface area contributed by atoms with Gasteiger partial charge in [-0.3, -0.25) is 19.4 Å². The van der Waals surface area contributed by atoms with E-state index in [1.54, 1.807) is 24.3 Å². The number of ether oxygens (including phenoxy) is 1. The molecule has 11 heteroatoms. The molecule has 1 heterocycles. The molecule has 0 saturated heterocycles. The lowest BCUT2D eigenvalue weighted by Gasteiger charge is -2.18. The van der Waals surface area contributed by atoms with E-state index in [1.807, 2.05) is 24.3 Å². The molecular weight excluding hydrogens is 467 g/mol. The molecule has 0 fully saturated rings. The van der Waals surface area contributed by atoms with Crippen LogP contribution in [0, 0.1) is 10.1 Å². The molecule has 0 aromatic heterocycles. The lowest BCUT2D eigenvalue weighted by atomic mass is 10.1. The zero-order valence-corrected chi connectivity index (χ0v) is 19.7. The number of rotatable bonds is 7. The highest BCUT2D eigenvalue weighted by atomic mass is 32.2. The fourth-order valence-corrected chi connectivity index (χ4v) is 5.00. The predicted octanol–water partition coefficient (Wildman–Crippen LogP) is 4.30. The molecule has 1 unspecified atom stereocenters. The second-order valence-corrected chi connectivity index (χ2v) is 11.5. The lowest BCUT2D eigenvalue weighted by molar-refractivity contribution is -0.383. The summed E-state index contributed by atoms with van der Waals surface area (Å²) in [5, 5.41) is 11.1. The van der Waals surface area contributed by atoms with E-state index in [0.717, 1.165) is 30.2 Å². The van der Waals surface area contributed by atoms with Gasteiger partial charge in [-0.2, -0.15) is 0 Å².